The molecule has 200 valence electrons. The van der Waals surface area contributed by atoms with Crippen molar-refractivity contribution >= 4 is 11.7 Å². The zero-order chi connectivity index (χ0) is 26.0. The molecular formula is C29H45N3O4. The van der Waals surface area contributed by atoms with Gasteiger partial charge in [-0.1, -0.05) is 71.1 Å². The number of hydrogen-bond donors (Lipinski definition) is 4. The molecule has 2 aromatic rings. The summed E-state index contributed by atoms with van der Waals surface area (Å²) in [7, 11) is 0. The van der Waals surface area contributed by atoms with E-state index in [1.807, 2.05) is 6.92 Å². The van der Waals surface area contributed by atoms with Gasteiger partial charge in [0.1, 0.15) is 23.5 Å². The third-order valence-corrected chi connectivity index (χ3v) is 5.97. The van der Waals surface area contributed by atoms with Crippen LogP contribution in [0.2, 0.25) is 0 Å². The quantitative estimate of drug-likeness (QED) is 0.0951. The van der Waals surface area contributed by atoms with Gasteiger partial charge in [0.05, 0.1) is 6.10 Å². The molecule has 2 rings (SSSR count). The Morgan fingerprint density at radius 3 is 1.92 bits per heavy atom. The van der Waals surface area contributed by atoms with Crippen LogP contribution in [-0.4, -0.2) is 23.5 Å². The van der Waals surface area contributed by atoms with Gasteiger partial charge in [-0.05, 0) is 68.8 Å². The number of phenols is 1. The van der Waals surface area contributed by atoms with Crippen LogP contribution in [0.3, 0.4) is 0 Å². The van der Waals surface area contributed by atoms with Crippen molar-refractivity contribution in [3.8, 4) is 17.2 Å². The van der Waals surface area contributed by atoms with Gasteiger partial charge in [-0.15, -0.1) is 0 Å². The first kappa shape index (κ1) is 29.5. The SMILES string of the molecule is CCCCCCCCCCCCC(C)OC(C)NNC(=O)Nc1ccc(Oc2ccc(O)cc2)cc1. The normalized spacial score (nSPS) is 12.6. The van der Waals surface area contributed by atoms with Crippen LogP contribution in [0.25, 0.3) is 0 Å². The van der Waals surface area contributed by atoms with Crippen LogP contribution in [-0.2, 0) is 4.74 Å². The predicted octanol–water partition coefficient (Wildman–Crippen LogP) is 7.87. The molecule has 7 nitrogen and oxygen atoms in total. The minimum absolute atomic E-state index is 0.132. The van der Waals surface area contributed by atoms with E-state index in [1.54, 1.807) is 48.5 Å². The van der Waals surface area contributed by atoms with Gasteiger partial charge in [0, 0.05) is 5.69 Å². The largest absolute Gasteiger partial charge is 0.508 e. The maximum Gasteiger partial charge on any atom is 0.333 e. The van der Waals surface area contributed by atoms with Crippen LogP contribution < -0.4 is 20.9 Å². The molecule has 0 saturated carbocycles. The van der Waals surface area contributed by atoms with E-state index in [1.165, 1.54) is 64.2 Å². The number of benzene rings is 2. The number of hydrogen-bond acceptors (Lipinski definition) is 5. The summed E-state index contributed by atoms with van der Waals surface area (Å²) in [6.07, 6.45) is 14.1. The Morgan fingerprint density at radius 1 is 0.806 bits per heavy atom. The van der Waals surface area contributed by atoms with E-state index in [0.29, 0.717) is 17.2 Å². The zero-order valence-electron chi connectivity index (χ0n) is 22.2. The molecule has 0 spiro atoms. The lowest BCUT2D eigenvalue weighted by Crippen LogP contribution is -2.47. The maximum absolute atomic E-state index is 12.2. The number of anilines is 1. The van der Waals surface area contributed by atoms with Crippen molar-refractivity contribution in [2.24, 2.45) is 0 Å². The van der Waals surface area contributed by atoms with Gasteiger partial charge < -0.3 is 19.9 Å². The molecule has 0 aliphatic carbocycles. The molecule has 4 N–H and O–H groups in total. The number of aromatic hydroxyl groups is 1. The van der Waals surface area contributed by atoms with Crippen molar-refractivity contribution in [1.82, 2.24) is 10.9 Å². The molecule has 0 radical (unpaired) electrons. The van der Waals surface area contributed by atoms with E-state index in [4.69, 9.17) is 9.47 Å². The Morgan fingerprint density at radius 2 is 1.33 bits per heavy atom. The Bertz CT molecular complexity index is 843. The van der Waals surface area contributed by atoms with Gasteiger partial charge in [-0.2, -0.15) is 0 Å². The number of hydrazine groups is 1. The van der Waals surface area contributed by atoms with Crippen LogP contribution in [0, 0.1) is 0 Å². The fourth-order valence-corrected chi connectivity index (χ4v) is 3.96. The molecular weight excluding hydrogens is 454 g/mol. The maximum atomic E-state index is 12.2. The van der Waals surface area contributed by atoms with Crippen molar-refractivity contribution in [1.29, 1.82) is 0 Å². The van der Waals surface area contributed by atoms with Crippen molar-refractivity contribution in [2.75, 3.05) is 5.32 Å². The van der Waals surface area contributed by atoms with Crippen LogP contribution in [0.15, 0.2) is 48.5 Å². The van der Waals surface area contributed by atoms with Crippen molar-refractivity contribution in [3.63, 3.8) is 0 Å². The number of amides is 2. The molecule has 0 heterocycles. The van der Waals surface area contributed by atoms with E-state index in [9.17, 15) is 9.90 Å². The lowest BCUT2D eigenvalue weighted by molar-refractivity contribution is -0.0199. The number of nitrogens with one attached hydrogen (secondary N) is 3. The number of phenolic OH excluding ortho intramolecular Hbond substituents is 1. The Hall–Kier alpha value is -2.77. The molecule has 0 fully saturated rings. The number of carbonyl (C=O) groups is 1. The molecule has 0 aromatic heterocycles. The highest BCUT2D eigenvalue weighted by Crippen LogP contribution is 2.24. The topological polar surface area (TPSA) is 91.9 Å². The zero-order valence-corrected chi connectivity index (χ0v) is 22.2. The van der Waals surface area contributed by atoms with Gasteiger partial charge in [-0.25, -0.2) is 10.2 Å². The van der Waals surface area contributed by atoms with Crippen LogP contribution in [0.1, 0.15) is 91.4 Å². The summed E-state index contributed by atoms with van der Waals surface area (Å²) in [5.74, 6) is 1.43. The fraction of sp³-hybridized carbons (Fsp3) is 0.552. The number of urea groups is 1. The first-order valence-corrected chi connectivity index (χ1v) is 13.5. The Labute approximate surface area is 216 Å². The molecule has 2 atom stereocenters. The minimum Gasteiger partial charge on any atom is -0.508 e. The average molecular weight is 500 g/mol. The van der Waals surface area contributed by atoms with E-state index < -0.39 is 0 Å². The minimum atomic E-state index is -0.375. The third-order valence-electron chi connectivity index (χ3n) is 5.97. The molecule has 2 unspecified atom stereocenters. The predicted molar refractivity (Wildman–Crippen MR) is 146 cm³/mol. The van der Waals surface area contributed by atoms with Crippen LogP contribution in [0.4, 0.5) is 10.5 Å². The van der Waals surface area contributed by atoms with Gasteiger partial charge in [0.25, 0.3) is 0 Å². The molecule has 0 aliphatic heterocycles. The standard InChI is InChI=1S/C29H45N3O4/c1-4-5-6-7-8-9-10-11-12-13-14-23(2)35-24(3)31-32-29(34)30-25-15-19-27(20-16-25)36-28-21-17-26(33)18-22-28/h15-24,31,33H,4-14H2,1-3H3,(H2,30,32,34). The van der Waals surface area contributed by atoms with E-state index in [2.05, 4.69) is 30.0 Å². The molecule has 36 heavy (non-hydrogen) atoms. The Balaban J connectivity index is 1.53. The number of ether oxygens (including phenoxy) is 2. The summed E-state index contributed by atoms with van der Waals surface area (Å²) in [6, 6.07) is 13.1. The highest BCUT2D eigenvalue weighted by molar-refractivity contribution is 5.88. The first-order chi connectivity index (χ1) is 17.5. The van der Waals surface area contributed by atoms with E-state index in [0.717, 1.165) is 6.42 Å². The molecule has 2 amide bonds. The summed E-state index contributed by atoms with van der Waals surface area (Å²) in [6.45, 7) is 6.22. The van der Waals surface area contributed by atoms with Gasteiger partial charge in [0.2, 0.25) is 0 Å². The smallest absolute Gasteiger partial charge is 0.333 e. The summed E-state index contributed by atoms with van der Waals surface area (Å²) in [5, 5.41) is 12.1. The summed E-state index contributed by atoms with van der Waals surface area (Å²) >= 11 is 0. The molecule has 0 bridgehead atoms. The molecule has 0 aliphatic rings. The third kappa shape index (κ3) is 13.4. The second-order valence-electron chi connectivity index (χ2n) is 9.40. The van der Waals surface area contributed by atoms with E-state index in [-0.39, 0.29) is 24.1 Å². The highest BCUT2D eigenvalue weighted by atomic mass is 16.5. The van der Waals surface area contributed by atoms with Gasteiger partial charge >= 0.3 is 6.03 Å². The van der Waals surface area contributed by atoms with Gasteiger partial charge in [0.15, 0.2) is 0 Å². The number of unbranched alkanes of at least 4 members (excludes halogenated alkanes) is 9. The fourth-order valence-electron chi connectivity index (χ4n) is 3.96. The second kappa shape index (κ2) is 17.6. The highest BCUT2D eigenvalue weighted by Gasteiger charge is 2.10. The Kier molecular flexibility index (Phi) is 14.4. The number of carbonyl (C=O) groups excluding carboxylic acids is 1. The summed E-state index contributed by atoms with van der Waals surface area (Å²) < 4.78 is 11.6. The summed E-state index contributed by atoms with van der Waals surface area (Å²) in [5.41, 5.74) is 6.15. The second-order valence-corrected chi connectivity index (χ2v) is 9.40. The van der Waals surface area contributed by atoms with Gasteiger partial charge in [-0.3, -0.25) is 5.43 Å². The van der Waals surface area contributed by atoms with Crippen LogP contribution in [0.5, 0.6) is 17.2 Å². The van der Waals surface area contributed by atoms with Crippen molar-refractivity contribution in [3.05, 3.63) is 48.5 Å². The number of rotatable bonds is 18. The van der Waals surface area contributed by atoms with Crippen molar-refractivity contribution in [2.45, 2.75) is 104 Å². The summed E-state index contributed by atoms with van der Waals surface area (Å²) in [4.78, 5) is 12.2. The van der Waals surface area contributed by atoms with Crippen LogP contribution >= 0.6 is 0 Å². The molecule has 7 heteroatoms. The first-order valence-electron chi connectivity index (χ1n) is 13.5. The van der Waals surface area contributed by atoms with E-state index >= 15 is 0 Å². The lowest BCUT2D eigenvalue weighted by atomic mass is 10.0. The monoisotopic (exact) mass is 499 g/mol. The average Bonchev–Trinajstić information content (AvgIpc) is 2.86. The lowest BCUT2D eigenvalue weighted by Gasteiger charge is -2.20. The van der Waals surface area contributed by atoms with Crippen molar-refractivity contribution < 1.29 is 19.4 Å². The molecule has 2 aromatic carbocycles. The molecule has 0 saturated heterocycles.